The Bertz CT molecular complexity index is 289. The van der Waals surface area contributed by atoms with Crippen LogP contribution in [-0.4, -0.2) is 13.8 Å². The highest BCUT2D eigenvalue weighted by Gasteiger charge is 2.02. The minimum absolute atomic E-state index is 0.517. The van der Waals surface area contributed by atoms with Crippen LogP contribution in [0.1, 0.15) is 12.5 Å². The number of ether oxygens (including phenoxy) is 1. The highest BCUT2D eigenvalue weighted by atomic mass is 16.5. The van der Waals surface area contributed by atoms with Gasteiger partial charge in [0.2, 0.25) is 0 Å². The zero-order valence-electron chi connectivity index (χ0n) is 8.63. The fourth-order valence-corrected chi connectivity index (χ4v) is 1.26. The fourth-order valence-electron chi connectivity index (χ4n) is 1.26. The van der Waals surface area contributed by atoms with Crippen LogP contribution in [0.2, 0.25) is 0 Å². The summed E-state index contributed by atoms with van der Waals surface area (Å²) >= 11 is 0. The van der Waals surface area contributed by atoms with Crippen LogP contribution in [0.15, 0.2) is 18.2 Å². The number of methoxy groups -OCH3 is 1. The van der Waals surface area contributed by atoms with Crippen LogP contribution in [0, 0.1) is 0 Å². The smallest absolute Gasteiger partial charge is 0.142 e. The molecular weight excluding hydrogens is 178 g/mol. The van der Waals surface area contributed by atoms with Crippen LogP contribution in [0.3, 0.4) is 0 Å². The zero-order valence-corrected chi connectivity index (χ0v) is 8.63. The summed E-state index contributed by atoms with van der Waals surface area (Å²) in [5.74, 6) is 6.02. The Kier molecular flexibility index (Phi) is 4.22. The van der Waals surface area contributed by atoms with E-state index < -0.39 is 0 Å². The number of hydrogen-bond donors (Lipinski definition) is 3. The number of hydrogen-bond acceptors (Lipinski definition) is 4. The van der Waals surface area contributed by atoms with Gasteiger partial charge in [-0.1, -0.05) is 13.0 Å². The highest BCUT2D eigenvalue weighted by Crippen LogP contribution is 2.25. The third-order valence-electron chi connectivity index (χ3n) is 2.05. The van der Waals surface area contributed by atoms with E-state index in [9.17, 15) is 0 Å². The summed E-state index contributed by atoms with van der Waals surface area (Å²) in [6.45, 7) is 2.64. The molecule has 78 valence electrons. The molecule has 4 nitrogen and oxygen atoms in total. The quantitative estimate of drug-likeness (QED) is 0.374. The number of nitrogens with two attached hydrogens (primary N) is 1. The predicted octanol–water partition coefficient (Wildman–Crippen LogP) is 1.09. The molecule has 1 aromatic rings. The maximum absolute atomic E-state index is 5.21. The third kappa shape index (κ3) is 2.61. The molecule has 14 heavy (non-hydrogen) atoms. The molecule has 0 aliphatic heterocycles. The average Bonchev–Trinajstić information content (AvgIpc) is 2.25. The van der Waals surface area contributed by atoms with Crippen LogP contribution in [0.5, 0.6) is 5.75 Å². The van der Waals surface area contributed by atoms with Crippen molar-refractivity contribution in [2.24, 2.45) is 5.84 Å². The molecule has 4 heteroatoms. The van der Waals surface area contributed by atoms with E-state index in [2.05, 4.69) is 29.8 Å². The molecule has 0 aromatic heterocycles. The molecule has 0 saturated carbocycles. The lowest BCUT2D eigenvalue weighted by atomic mass is 10.1. The van der Waals surface area contributed by atoms with Crippen LogP contribution < -0.4 is 21.3 Å². The van der Waals surface area contributed by atoms with Crippen LogP contribution in [0.25, 0.3) is 0 Å². The van der Waals surface area contributed by atoms with E-state index in [1.54, 1.807) is 7.11 Å². The van der Waals surface area contributed by atoms with Gasteiger partial charge in [0.1, 0.15) is 5.75 Å². The van der Waals surface area contributed by atoms with Gasteiger partial charge in [-0.25, -0.2) is 5.43 Å². The first-order chi connectivity index (χ1) is 6.81. The second kappa shape index (κ2) is 5.47. The van der Waals surface area contributed by atoms with Crippen LogP contribution in [0.4, 0.5) is 5.69 Å². The molecule has 4 N–H and O–H groups in total. The summed E-state index contributed by atoms with van der Waals surface area (Å²) in [6, 6.07) is 6.08. The Balaban J connectivity index is 2.84. The molecule has 1 rings (SSSR count). The van der Waals surface area contributed by atoms with Gasteiger partial charge in [-0.05, 0) is 24.1 Å². The molecular formula is C10H17N3O. The summed E-state index contributed by atoms with van der Waals surface area (Å²) in [4.78, 5) is 0. The summed E-state index contributed by atoms with van der Waals surface area (Å²) in [6.07, 6.45) is 1.01. The molecule has 0 aliphatic carbocycles. The number of benzene rings is 1. The van der Waals surface area contributed by atoms with Gasteiger partial charge >= 0.3 is 0 Å². The van der Waals surface area contributed by atoms with Crippen molar-refractivity contribution in [3.63, 3.8) is 0 Å². The van der Waals surface area contributed by atoms with Crippen molar-refractivity contribution in [3.05, 3.63) is 23.8 Å². The molecule has 0 amide bonds. The molecule has 0 unspecified atom stereocenters. The molecule has 0 atom stereocenters. The topological polar surface area (TPSA) is 59.3 Å². The van der Waals surface area contributed by atoms with Gasteiger partial charge in [0, 0.05) is 0 Å². The molecule has 1 aromatic carbocycles. The Morgan fingerprint density at radius 2 is 2.21 bits per heavy atom. The first-order valence-corrected chi connectivity index (χ1v) is 4.66. The van der Waals surface area contributed by atoms with E-state index in [0.29, 0.717) is 6.67 Å². The maximum atomic E-state index is 5.21. The molecule has 0 spiro atoms. The van der Waals surface area contributed by atoms with Crippen molar-refractivity contribution >= 4 is 5.69 Å². The largest absolute Gasteiger partial charge is 0.495 e. The van der Waals surface area contributed by atoms with Crippen molar-refractivity contribution in [3.8, 4) is 5.75 Å². The highest BCUT2D eigenvalue weighted by molar-refractivity contribution is 5.58. The Morgan fingerprint density at radius 1 is 1.43 bits per heavy atom. The van der Waals surface area contributed by atoms with Gasteiger partial charge in [0.15, 0.2) is 0 Å². The van der Waals surface area contributed by atoms with E-state index in [1.807, 2.05) is 6.07 Å². The summed E-state index contributed by atoms with van der Waals surface area (Å²) in [7, 11) is 1.65. The lowest BCUT2D eigenvalue weighted by molar-refractivity contribution is 0.416. The number of hydrazine groups is 1. The Hall–Kier alpha value is -1.26. The van der Waals surface area contributed by atoms with Crippen molar-refractivity contribution in [2.45, 2.75) is 13.3 Å². The lowest BCUT2D eigenvalue weighted by Crippen LogP contribution is -2.28. The minimum Gasteiger partial charge on any atom is -0.495 e. The van der Waals surface area contributed by atoms with Gasteiger partial charge in [0.25, 0.3) is 0 Å². The summed E-state index contributed by atoms with van der Waals surface area (Å²) < 4.78 is 5.21. The van der Waals surface area contributed by atoms with Gasteiger partial charge in [-0.3, -0.25) is 5.84 Å². The van der Waals surface area contributed by atoms with E-state index in [0.717, 1.165) is 17.9 Å². The van der Waals surface area contributed by atoms with E-state index in [-0.39, 0.29) is 0 Å². The van der Waals surface area contributed by atoms with Crippen molar-refractivity contribution in [1.29, 1.82) is 0 Å². The number of anilines is 1. The molecule has 0 aliphatic rings. The number of rotatable bonds is 5. The third-order valence-corrected chi connectivity index (χ3v) is 2.05. The zero-order chi connectivity index (χ0) is 10.4. The minimum atomic E-state index is 0.517. The first-order valence-electron chi connectivity index (χ1n) is 4.66. The predicted molar refractivity (Wildman–Crippen MR) is 58.2 cm³/mol. The molecule has 0 fully saturated rings. The number of aryl methyl sites for hydroxylation is 1. The SMILES string of the molecule is CCc1ccc(OC)c(NCNN)c1. The van der Waals surface area contributed by atoms with E-state index in [1.165, 1.54) is 5.56 Å². The summed E-state index contributed by atoms with van der Waals surface area (Å²) in [5.41, 5.74) is 4.77. The van der Waals surface area contributed by atoms with Crippen LogP contribution >= 0.6 is 0 Å². The van der Waals surface area contributed by atoms with Crippen molar-refractivity contribution in [1.82, 2.24) is 5.43 Å². The first kappa shape index (κ1) is 10.8. The van der Waals surface area contributed by atoms with E-state index in [4.69, 9.17) is 10.6 Å². The summed E-state index contributed by atoms with van der Waals surface area (Å²) in [5, 5.41) is 3.13. The lowest BCUT2D eigenvalue weighted by Gasteiger charge is -2.11. The Morgan fingerprint density at radius 3 is 2.79 bits per heavy atom. The second-order valence-corrected chi connectivity index (χ2v) is 2.95. The Labute approximate surface area is 84.4 Å². The van der Waals surface area contributed by atoms with E-state index >= 15 is 0 Å². The average molecular weight is 195 g/mol. The fraction of sp³-hybridized carbons (Fsp3) is 0.400. The maximum Gasteiger partial charge on any atom is 0.142 e. The molecule has 0 saturated heterocycles. The van der Waals surface area contributed by atoms with Gasteiger partial charge in [-0.2, -0.15) is 0 Å². The number of nitrogens with one attached hydrogen (secondary N) is 2. The van der Waals surface area contributed by atoms with Gasteiger partial charge in [-0.15, -0.1) is 0 Å². The second-order valence-electron chi connectivity index (χ2n) is 2.95. The molecule has 0 bridgehead atoms. The van der Waals surface area contributed by atoms with Crippen molar-refractivity contribution in [2.75, 3.05) is 19.1 Å². The van der Waals surface area contributed by atoms with Crippen LogP contribution in [-0.2, 0) is 6.42 Å². The van der Waals surface area contributed by atoms with Gasteiger partial charge < -0.3 is 10.1 Å². The molecule has 0 heterocycles. The van der Waals surface area contributed by atoms with Crippen molar-refractivity contribution < 1.29 is 4.74 Å². The molecule has 0 radical (unpaired) electrons. The van der Waals surface area contributed by atoms with Gasteiger partial charge in [0.05, 0.1) is 19.5 Å². The standard InChI is InChI=1S/C10H17N3O/c1-3-8-4-5-10(14-2)9(6-8)12-7-13-11/h4-6,12-13H,3,7,11H2,1-2H3. The normalized spacial score (nSPS) is 9.93. The monoisotopic (exact) mass is 195 g/mol.